The standard InChI is InChI=1S/C15H22N2O/c1-4-14-9-12(2)10-15(16-14)17-7-5-13(6-8-17)11-18-3/h4,9-10,13H,1,5-8,11H2,2-3H3. The van der Waals surface area contributed by atoms with Crippen LogP contribution < -0.4 is 4.90 Å². The van der Waals surface area contributed by atoms with Crippen LogP contribution in [0.3, 0.4) is 0 Å². The van der Waals surface area contributed by atoms with Crippen LogP contribution in [0.2, 0.25) is 0 Å². The minimum Gasteiger partial charge on any atom is -0.384 e. The van der Waals surface area contributed by atoms with Crippen molar-refractivity contribution >= 4 is 11.9 Å². The maximum atomic E-state index is 5.23. The number of nitrogens with zero attached hydrogens (tertiary/aromatic N) is 2. The molecule has 18 heavy (non-hydrogen) atoms. The first-order valence-corrected chi connectivity index (χ1v) is 6.58. The summed E-state index contributed by atoms with van der Waals surface area (Å²) in [6, 6.07) is 4.22. The second-order valence-corrected chi connectivity index (χ2v) is 5.02. The lowest BCUT2D eigenvalue weighted by Crippen LogP contribution is -2.35. The van der Waals surface area contributed by atoms with Gasteiger partial charge in [0.15, 0.2) is 0 Å². The zero-order chi connectivity index (χ0) is 13.0. The maximum absolute atomic E-state index is 5.23. The highest BCUT2D eigenvalue weighted by Gasteiger charge is 2.20. The summed E-state index contributed by atoms with van der Waals surface area (Å²) in [6.45, 7) is 8.93. The largest absolute Gasteiger partial charge is 0.384 e. The number of hydrogen-bond acceptors (Lipinski definition) is 3. The van der Waals surface area contributed by atoms with Gasteiger partial charge in [0.05, 0.1) is 5.69 Å². The van der Waals surface area contributed by atoms with Gasteiger partial charge in [0.1, 0.15) is 5.82 Å². The molecule has 0 bridgehead atoms. The van der Waals surface area contributed by atoms with Crippen molar-refractivity contribution in [3.63, 3.8) is 0 Å². The topological polar surface area (TPSA) is 25.4 Å². The second kappa shape index (κ2) is 6.01. The van der Waals surface area contributed by atoms with E-state index in [1.165, 1.54) is 18.4 Å². The molecule has 3 heteroatoms. The Kier molecular flexibility index (Phi) is 4.37. The molecule has 98 valence electrons. The number of piperidine rings is 1. The van der Waals surface area contributed by atoms with Crippen molar-refractivity contribution < 1.29 is 4.74 Å². The third-order valence-electron chi connectivity index (χ3n) is 3.53. The van der Waals surface area contributed by atoms with Crippen LogP contribution in [0.25, 0.3) is 6.08 Å². The fourth-order valence-corrected chi connectivity index (χ4v) is 2.51. The van der Waals surface area contributed by atoms with Gasteiger partial charge in [0.25, 0.3) is 0 Å². The number of aromatic nitrogens is 1. The summed E-state index contributed by atoms with van der Waals surface area (Å²) in [6.07, 6.45) is 4.19. The highest BCUT2D eigenvalue weighted by Crippen LogP contribution is 2.23. The number of rotatable bonds is 4. The number of aryl methyl sites for hydroxylation is 1. The lowest BCUT2D eigenvalue weighted by molar-refractivity contribution is 0.139. The molecule has 0 aliphatic carbocycles. The van der Waals surface area contributed by atoms with Crippen molar-refractivity contribution in [1.82, 2.24) is 4.98 Å². The SMILES string of the molecule is C=Cc1cc(C)cc(N2CCC(COC)CC2)n1. The molecule has 0 saturated carbocycles. The van der Waals surface area contributed by atoms with Crippen molar-refractivity contribution in [1.29, 1.82) is 0 Å². The van der Waals surface area contributed by atoms with Crippen LogP contribution in [-0.4, -0.2) is 31.8 Å². The van der Waals surface area contributed by atoms with E-state index in [-0.39, 0.29) is 0 Å². The Balaban J connectivity index is 2.05. The fourth-order valence-electron chi connectivity index (χ4n) is 2.51. The molecule has 2 rings (SSSR count). The molecule has 0 spiro atoms. The van der Waals surface area contributed by atoms with E-state index < -0.39 is 0 Å². The first kappa shape index (κ1) is 13.1. The predicted molar refractivity (Wildman–Crippen MR) is 75.9 cm³/mol. The fraction of sp³-hybridized carbons (Fsp3) is 0.533. The van der Waals surface area contributed by atoms with Crippen LogP contribution in [0.15, 0.2) is 18.7 Å². The zero-order valence-electron chi connectivity index (χ0n) is 11.4. The Morgan fingerprint density at radius 3 is 2.78 bits per heavy atom. The van der Waals surface area contributed by atoms with E-state index in [9.17, 15) is 0 Å². The number of methoxy groups -OCH3 is 1. The van der Waals surface area contributed by atoms with Gasteiger partial charge in [-0.15, -0.1) is 0 Å². The molecule has 1 aromatic heterocycles. The first-order valence-electron chi connectivity index (χ1n) is 6.58. The molecule has 0 atom stereocenters. The van der Waals surface area contributed by atoms with Crippen LogP contribution >= 0.6 is 0 Å². The van der Waals surface area contributed by atoms with Crippen LogP contribution in [0.4, 0.5) is 5.82 Å². The Labute approximate surface area is 109 Å². The summed E-state index contributed by atoms with van der Waals surface area (Å²) in [5.74, 6) is 1.79. The molecule has 2 heterocycles. The molecule has 1 saturated heterocycles. The molecule has 3 nitrogen and oxygen atoms in total. The summed E-state index contributed by atoms with van der Waals surface area (Å²) >= 11 is 0. The number of anilines is 1. The summed E-state index contributed by atoms with van der Waals surface area (Å²) in [4.78, 5) is 6.99. The van der Waals surface area contributed by atoms with Gasteiger partial charge in [-0.05, 0) is 49.5 Å². The van der Waals surface area contributed by atoms with Crippen molar-refractivity contribution in [3.05, 3.63) is 30.0 Å². The third-order valence-corrected chi connectivity index (χ3v) is 3.53. The summed E-state index contributed by atoms with van der Waals surface area (Å²) in [5, 5.41) is 0. The Morgan fingerprint density at radius 1 is 1.44 bits per heavy atom. The molecule has 0 aromatic carbocycles. The van der Waals surface area contributed by atoms with Crippen molar-refractivity contribution in [2.45, 2.75) is 19.8 Å². The van der Waals surface area contributed by atoms with E-state index in [2.05, 4.69) is 35.5 Å². The lowest BCUT2D eigenvalue weighted by atomic mass is 9.98. The van der Waals surface area contributed by atoms with Gasteiger partial charge in [-0.2, -0.15) is 0 Å². The lowest BCUT2D eigenvalue weighted by Gasteiger charge is -2.32. The van der Waals surface area contributed by atoms with Crippen molar-refractivity contribution in [2.75, 3.05) is 31.7 Å². The quantitative estimate of drug-likeness (QED) is 0.817. The van der Waals surface area contributed by atoms with Gasteiger partial charge in [-0.3, -0.25) is 0 Å². The Morgan fingerprint density at radius 2 is 2.17 bits per heavy atom. The van der Waals surface area contributed by atoms with E-state index in [1.807, 2.05) is 6.08 Å². The Hall–Kier alpha value is -1.35. The molecule has 0 unspecified atom stereocenters. The summed E-state index contributed by atoms with van der Waals surface area (Å²) in [5.41, 5.74) is 2.21. The number of pyridine rings is 1. The second-order valence-electron chi connectivity index (χ2n) is 5.02. The monoisotopic (exact) mass is 246 g/mol. The molecule has 1 aromatic rings. The molecule has 0 N–H and O–H groups in total. The highest BCUT2D eigenvalue weighted by atomic mass is 16.5. The molecular formula is C15H22N2O. The Bertz CT molecular complexity index is 409. The van der Waals surface area contributed by atoms with Crippen molar-refractivity contribution in [3.8, 4) is 0 Å². The normalized spacial score (nSPS) is 16.9. The van der Waals surface area contributed by atoms with Gasteiger partial charge in [0.2, 0.25) is 0 Å². The van der Waals surface area contributed by atoms with E-state index >= 15 is 0 Å². The highest BCUT2D eigenvalue weighted by molar-refractivity contribution is 5.51. The average molecular weight is 246 g/mol. The summed E-state index contributed by atoms with van der Waals surface area (Å²) < 4.78 is 5.23. The minimum atomic E-state index is 0.704. The van der Waals surface area contributed by atoms with Gasteiger partial charge in [-0.25, -0.2) is 4.98 Å². The molecule has 1 aliphatic rings. The molecule has 0 radical (unpaired) electrons. The van der Waals surface area contributed by atoms with Crippen LogP contribution in [0.5, 0.6) is 0 Å². The molecule has 1 aliphatic heterocycles. The number of ether oxygens (including phenoxy) is 1. The van der Waals surface area contributed by atoms with Crippen molar-refractivity contribution in [2.24, 2.45) is 5.92 Å². The van der Waals surface area contributed by atoms with E-state index in [0.717, 1.165) is 31.2 Å². The van der Waals surface area contributed by atoms with Crippen LogP contribution in [0.1, 0.15) is 24.1 Å². The van der Waals surface area contributed by atoms with E-state index in [0.29, 0.717) is 5.92 Å². The number of hydrogen-bond donors (Lipinski definition) is 0. The van der Waals surface area contributed by atoms with Gasteiger partial charge < -0.3 is 9.64 Å². The average Bonchev–Trinajstić information content (AvgIpc) is 2.39. The maximum Gasteiger partial charge on any atom is 0.129 e. The van der Waals surface area contributed by atoms with Gasteiger partial charge in [-0.1, -0.05) is 6.58 Å². The molecule has 0 amide bonds. The predicted octanol–water partition coefficient (Wildman–Crippen LogP) is 2.90. The third kappa shape index (κ3) is 3.10. The zero-order valence-corrected chi connectivity index (χ0v) is 11.4. The van der Waals surface area contributed by atoms with Crippen LogP contribution in [-0.2, 0) is 4.74 Å². The van der Waals surface area contributed by atoms with E-state index in [4.69, 9.17) is 4.74 Å². The molecular weight excluding hydrogens is 224 g/mol. The summed E-state index contributed by atoms with van der Waals surface area (Å²) in [7, 11) is 1.78. The van der Waals surface area contributed by atoms with Crippen LogP contribution in [0, 0.1) is 12.8 Å². The van der Waals surface area contributed by atoms with Gasteiger partial charge >= 0.3 is 0 Å². The van der Waals surface area contributed by atoms with Gasteiger partial charge in [0, 0.05) is 26.8 Å². The molecule has 1 fully saturated rings. The smallest absolute Gasteiger partial charge is 0.129 e. The minimum absolute atomic E-state index is 0.704. The van der Waals surface area contributed by atoms with E-state index in [1.54, 1.807) is 7.11 Å². The first-order chi connectivity index (χ1) is 8.72.